The van der Waals surface area contributed by atoms with Crippen LogP contribution in [0.1, 0.15) is 35.5 Å². The van der Waals surface area contributed by atoms with Gasteiger partial charge in [-0.25, -0.2) is 24.9 Å². The number of piperidine rings is 1. The van der Waals surface area contributed by atoms with Crippen molar-refractivity contribution in [3.8, 4) is 23.1 Å². The van der Waals surface area contributed by atoms with E-state index in [1.165, 1.54) is 5.56 Å². The molecule has 6 rings (SSSR count). The molecule has 40 heavy (non-hydrogen) atoms. The van der Waals surface area contributed by atoms with Crippen molar-refractivity contribution < 1.29 is 0 Å². The zero-order valence-electron chi connectivity index (χ0n) is 22.5. The van der Waals surface area contributed by atoms with Crippen LogP contribution < -0.4 is 11.1 Å². The molecule has 3 N–H and O–H groups in total. The molecule has 1 fully saturated rings. The van der Waals surface area contributed by atoms with E-state index < -0.39 is 0 Å². The summed E-state index contributed by atoms with van der Waals surface area (Å²) in [5.74, 6) is 2.06. The first-order valence-electron chi connectivity index (χ1n) is 13.4. The van der Waals surface area contributed by atoms with E-state index in [2.05, 4.69) is 67.0 Å². The van der Waals surface area contributed by atoms with E-state index in [-0.39, 0.29) is 5.82 Å². The van der Waals surface area contributed by atoms with Crippen molar-refractivity contribution in [1.82, 2.24) is 34.4 Å². The second-order valence-electron chi connectivity index (χ2n) is 10.2. The first-order valence-corrected chi connectivity index (χ1v) is 13.4. The van der Waals surface area contributed by atoms with Crippen LogP contribution in [0.25, 0.3) is 28.2 Å². The summed E-state index contributed by atoms with van der Waals surface area (Å²) in [7, 11) is 0. The number of nitrogens with two attached hydrogens (primary N) is 1. The molecule has 1 saturated heterocycles. The summed E-state index contributed by atoms with van der Waals surface area (Å²) in [6.45, 7) is 6.90. The third-order valence-corrected chi connectivity index (χ3v) is 7.31. The van der Waals surface area contributed by atoms with Gasteiger partial charge < -0.3 is 11.1 Å². The predicted molar refractivity (Wildman–Crippen MR) is 155 cm³/mol. The average Bonchev–Trinajstić information content (AvgIpc) is 3.34. The number of benzene rings is 1. The van der Waals surface area contributed by atoms with Crippen LogP contribution in [0.2, 0.25) is 0 Å². The number of pyridine rings is 2. The maximum absolute atomic E-state index is 9.03. The summed E-state index contributed by atoms with van der Waals surface area (Å²) >= 11 is 0. The van der Waals surface area contributed by atoms with Crippen molar-refractivity contribution in [2.24, 2.45) is 0 Å². The van der Waals surface area contributed by atoms with E-state index in [0.717, 1.165) is 72.0 Å². The number of aromatic nitrogens is 6. The van der Waals surface area contributed by atoms with Gasteiger partial charge in [-0.3, -0.25) is 9.47 Å². The fraction of sp³-hybridized carbons (Fsp3) is 0.267. The lowest BCUT2D eigenvalue weighted by Crippen LogP contribution is -2.38. The number of nitrogen functional groups attached to an aromatic ring is 1. The lowest BCUT2D eigenvalue weighted by molar-refractivity contribution is 0.211. The van der Waals surface area contributed by atoms with Gasteiger partial charge in [0.25, 0.3) is 0 Å². The van der Waals surface area contributed by atoms with E-state index in [1.807, 2.05) is 31.2 Å². The quantitative estimate of drug-likeness (QED) is 0.327. The molecule has 0 amide bonds. The van der Waals surface area contributed by atoms with Crippen molar-refractivity contribution in [3.63, 3.8) is 0 Å². The molecule has 1 aliphatic rings. The Hall–Kier alpha value is -4.88. The standard InChI is InChI=1S/C30H30N10/c1-19-16-20(2)35-30-27(19)38-29(24-4-3-12-34-28(24)32)40(30)23-7-5-21(6-8-23)18-39-14-10-22(11-15-39)36-25-9-13-33-26(17-31)37-25/h3-9,12-13,16,22H,10-11,14-15,18H2,1-2H3,(H2,32,34)(H,33,36,37). The molecule has 10 heteroatoms. The predicted octanol–water partition coefficient (Wildman–Crippen LogP) is 4.42. The lowest BCUT2D eigenvalue weighted by Gasteiger charge is -2.32. The van der Waals surface area contributed by atoms with E-state index in [4.69, 9.17) is 21.0 Å². The third-order valence-electron chi connectivity index (χ3n) is 7.31. The van der Waals surface area contributed by atoms with Gasteiger partial charge in [0.05, 0.1) is 5.56 Å². The molecule has 0 bridgehead atoms. The summed E-state index contributed by atoms with van der Waals surface area (Å²) in [5.41, 5.74) is 13.0. The fourth-order valence-corrected chi connectivity index (χ4v) is 5.34. The maximum atomic E-state index is 9.03. The van der Waals surface area contributed by atoms with Crippen LogP contribution in [-0.2, 0) is 6.54 Å². The molecule has 4 aromatic heterocycles. The largest absolute Gasteiger partial charge is 0.383 e. The van der Waals surface area contributed by atoms with Crippen molar-refractivity contribution >= 4 is 22.8 Å². The van der Waals surface area contributed by atoms with Crippen LogP contribution in [0.4, 0.5) is 11.6 Å². The number of fused-ring (bicyclic) bond motifs is 1. The Morgan fingerprint density at radius 1 is 1.00 bits per heavy atom. The molecule has 0 aliphatic carbocycles. The van der Waals surface area contributed by atoms with Gasteiger partial charge in [-0.05, 0) is 74.2 Å². The molecule has 1 aromatic carbocycles. The molecule has 0 spiro atoms. The van der Waals surface area contributed by atoms with Crippen molar-refractivity contribution in [2.45, 2.75) is 39.3 Å². The Morgan fingerprint density at radius 2 is 1.80 bits per heavy atom. The highest BCUT2D eigenvalue weighted by atomic mass is 15.2. The fourth-order valence-electron chi connectivity index (χ4n) is 5.34. The van der Waals surface area contributed by atoms with Gasteiger partial charge in [0.15, 0.2) is 11.5 Å². The van der Waals surface area contributed by atoms with E-state index >= 15 is 0 Å². The molecule has 0 unspecified atom stereocenters. The van der Waals surface area contributed by atoms with Gasteiger partial charge in [-0.15, -0.1) is 0 Å². The highest BCUT2D eigenvalue weighted by molar-refractivity contribution is 5.84. The molecule has 5 heterocycles. The molecule has 10 nitrogen and oxygen atoms in total. The number of likely N-dealkylation sites (tertiary alicyclic amines) is 1. The van der Waals surface area contributed by atoms with E-state index in [9.17, 15) is 0 Å². The summed E-state index contributed by atoms with van der Waals surface area (Å²) in [6, 6.07) is 18.6. The molecule has 0 atom stereocenters. The van der Waals surface area contributed by atoms with Crippen LogP contribution in [0.15, 0.2) is 60.9 Å². The highest BCUT2D eigenvalue weighted by Crippen LogP contribution is 2.32. The average molecular weight is 531 g/mol. The van der Waals surface area contributed by atoms with Gasteiger partial charge >= 0.3 is 0 Å². The van der Waals surface area contributed by atoms with Gasteiger partial charge in [-0.1, -0.05) is 12.1 Å². The Morgan fingerprint density at radius 3 is 2.55 bits per heavy atom. The van der Waals surface area contributed by atoms with Crippen molar-refractivity contribution in [3.05, 3.63) is 83.6 Å². The van der Waals surface area contributed by atoms with Crippen molar-refractivity contribution in [1.29, 1.82) is 5.26 Å². The minimum atomic E-state index is 0.187. The number of imidazole rings is 1. The number of nitriles is 1. The molecule has 0 saturated carbocycles. The monoisotopic (exact) mass is 530 g/mol. The van der Waals surface area contributed by atoms with Crippen molar-refractivity contribution in [2.75, 3.05) is 24.1 Å². The molecule has 200 valence electrons. The van der Waals surface area contributed by atoms with Gasteiger partial charge in [-0.2, -0.15) is 5.26 Å². The topological polar surface area (TPSA) is 134 Å². The number of rotatable bonds is 6. The number of hydrogen-bond donors (Lipinski definition) is 2. The molecule has 5 aromatic rings. The Balaban J connectivity index is 1.20. The smallest absolute Gasteiger partial charge is 0.234 e. The zero-order chi connectivity index (χ0) is 27.6. The second-order valence-corrected chi connectivity index (χ2v) is 10.2. The van der Waals surface area contributed by atoms with Gasteiger partial charge in [0.2, 0.25) is 5.82 Å². The summed E-state index contributed by atoms with van der Waals surface area (Å²) in [6.07, 6.45) is 5.32. The van der Waals surface area contributed by atoms with E-state index in [0.29, 0.717) is 17.7 Å². The maximum Gasteiger partial charge on any atom is 0.234 e. The molecule has 0 radical (unpaired) electrons. The summed E-state index contributed by atoms with van der Waals surface area (Å²) in [5, 5.41) is 12.5. The number of nitrogens with one attached hydrogen (secondary N) is 1. The molecular formula is C30H30N10. The van der Waals surface area contributed by atoms with Crippen LogP contribution in [0.5, 0.6) is 0 Å². The zero-order valence-corrected chi connectivity index (χ0v) is 22.5. The number of hydrogen-bond acceptors (Lipinski definition) is 9. The lowest BCUT2D eigenvalue weighted by atomic mass is 10.0. The first kappa shape index (κ1) is 25.4. The minimum Gasteiger partial charge on any atom is -0.383 e. The van der Waals surface area contributed by atoms with Crippen LogP contribution in [0.3, 0.4) is 0 Å². The second kappa shape index (κ2) is 10.7. The van der Waals surface area contributed by atoms with Gasteiger partial charge in [0.1, 0.15) is 23.2 Å². The number of aryl methyl sites for hydroxylation is 2. The first-order chi connectivity index (χ1) is 19.5. The minimum absolute atomic E-state index is 0.187. The van der Waals surface area contributed by atoms with Crippen LogP contribution in [-0.4, -0.2) is 53.5 Å². The number of anilines is 2. The normalized spacial score (nSPS) is 14.3. The Kier molecular flexibility index (Phi) is 6.80. The summed E-state index contributed by atoms with van der Waals surface area (Å²) in [4.78, 5) is 24.8. The Bertz CT molecular complexity index is 1710. The number of nitrogens with zero attached hydrogens (tertiary/aromatic N) is 8. The summed E-state index contributed by atoms with van der Waals surface area (Å²) < 4.78 is 2.08. The van der Waals surface area contributed by atoms with Crippen LogP contribution >= 0.6 is 0 Å². The third kappa shape index (κ3) is 5.07. The van der Waals surface area contributed by atoms with Crippen LogP contribution in [0, 0.1) is 25.2 Å². The highest BCUT2D eigenvalue weighted by Gasteiger charge is 2.21. The SMILES string of the molecule is Cc1cc(C)c2nc(-c3cccnc3N)n(-c3ccc(CN4CCC(Nc5ccnc(C#N)n5)CC4)cc3)c2n1. The van der Waals surface area contributed by atoms with E-state index in [1.54, 1.807) is 12.4 Å². The van der Waals surface area contributed by atoms with Gasteiger partial charge in [0, 0.05) is 49.5 Å². The molecule has 1 aliphatic heterocycles. The molecular weight excluding hydrogens is 500 g/mol. The Labute approximate surface area is 232 Å².